The van der Waals surface area contributed by atoms with Gasteiger partial charge in [-0.15, -0.1) is 0 Å². The molecule has 1 aromatic heterocycles. The van der Waals surface area contributed by atoms with Crippen LogP contribution in [-0.2, 0) is 11.3 Å². The summed E-state index contributed by atoms with van der Waals surface area (Å²) in [5, 5.41) is 7.57. The molecule has 1 amide bonds. The Morgan fingerprint density at radius 2 is 1.61 bits per heavy atom. The number of nitrogens with zero attached hydrogens (tertiary/aromatic N) is 4. The fraction of sp³-hybridized carbons (Fsp3) is 0.400. The number of nitrogens with one attached hydrogen (secondary N) is 1. The summed E-state index contributed by atoms with van der Waals surface area (Å²) in [6.07, 6.45) is 4.46. The average molecular weight is 416 g/mol. The molecule has 2 aliphatic rings. The van der Waals surface area contributed by atoms with Gasteiger partial charge in [0.1, 0.15) is 5.82 Å². The first-order valence-corrected chi connectivity index (χ1v) is 11.3. The van der Waals surface area contributed by atoms with Gasteiger partial charge in [0.15, 0.2) is 5.82 Å². The first-order valence-electron chi connectivity index (χ1n) is 11.3. The summed E-state index contributed by atoms with van der Waals surface area (Å²) in [7, 11) is 0. The number of hydrogen-bond acceptors (Lipinski definition) is 4. The number of hydrogen-bond donors (Lipinski definition) is 1. The normalized spacial score (nSPS) is 17.5. The second-order valence-corrected chi connectivity index (χ2v) is 8.70. The molecule has 5 rings (SSSR count). The topological polar surface area (TPSA) is 65.1 Å². The van der Waals surface area contributed by atoms with E-state index in [1.165, 1.54) is 12.8 Å². The van der Waals surface area contributed by atoms with E-state index in [1.807, 2.05) is 53.4 Å². The van der Waals surface area contributed by atoms with E-state index in [0.717, 1.165) is 48.8 Å². The Morgan fingerprint density at radius 1 is 0.935 bits per heavy atom. The standard InChI is InChI=1S/C25H29N5O/c31-23(30(22-9-5-2-6-10-22)17-19-7-3-1-4-8-19)18-29-15-13-21(14-16-29)25-26-24(27-28-25)20-11-12-20/h1-10,20-21H,11-18H2,(H,26,27,28). The van der Waals surface area contributed by atoms with Crippen molar-refractivity contribution in [1.29, 1.82) is 0 Å². The number of aromatic nitrogens is 3. The number of amides is 1. The highest BCUT2D eigenvalue weighted by atomic mass is 16.2. The first-order chi connectivity index (χ1) is 15.3. The molecular weight excluding hydrogens is 386 g/mol. The third-order valence-electron chi connectivity index (χ3n) is 6.35. The molecule has 3 aromatic rings. The summed E-state index contributed by atoms with van der Waals surface area (Å²) in [6, 6.07) is 20.2. The molecule has 2 aromatic carbocycles. The van der Waals surface area contributed by atoms with Gasteiger partial charge in [0.05, 0.1) is 13.1 Å². The first kappa shape index (κ1) is 19.9. The van der Waals surface area contributed by atoms with E-state index in [4.69, 9.17) is 4.98 Å². The fourth-order valence-electron chi connectivity index (χ4n) is 4.33. The van der Waals surface area contributed by atoms with Gasteiger partial charge in [0, 0.05) is 17.5 Å². The number of anilines is 1. The zero-order valence-corrected chi connectivity index (χ0v) is 17.8. The lowest BCUT2D eigenvalue weighted by Gasteiger charge is -2.32. The summed E-state index contributed by atoms with van der Waals surface area (Å²) >= 11 is 0. The van der Waals surface area contributed by atoms with Crippen LogP contribution in [0.5, 0.6) is 0 Å². The molecule has 6 heteroatoms. The van der Waals surface area contributed by atoms with Crippen molar-refractivity contribution < 1.29 is 4.79 Å². The number of carbonyl (C=O) groups excluding carboxylic acids is 1. The Hall–Kier alpha value is -2.99. The van der Waals surface area contributed by atoms with Crippen LogP contribution < -0.4 is 4.90 Å². The van der Waals surface area contributed by atoms with Crippen LogP contribution in [0.15, 0.2) is 60.7 Å². The molecule has 1 N–H and O–H groups in total. The molecule has 1 aliphatic heterocycles. The average Bonchev–Trinajstić information content (AvgIpc) is 3.56. The molecular formula is C25H29N5O. The lowest BCUT2D eigenvalue weighted by atomic mass is 9.96. The smallest absolute Gasteiger partial charge is 0.241 e. The zero-order valence-electron chi connectivity index (χ0n) is 17.8. The number of aromatic amines is 1. The molecule has 2 heterocycles. The van der Waals surface area contributed by atoms with Gasteiger partial charge in [0.25, 0.3) is 0 Å². The van der Waals surface area contributed by atoms with Crippen molar-refractivity contribution >= 4 is 11.6 Å². The second-order valence-electron chi connectivity index (χ2n) is 8.70. The largest absolute Gasteiger partial charge is 0.307 e. The van der Waals surface area contributed by atoms with E-state index in [-0.39, 0.29) is 5.91 Å². The molecule has 31 heavy (non-hydrogen) atoms. The molecule has 1 saturated heterocycles. The Balaban J connectivity index is 1.21. The van der Waals surface area contributed by atoms with Crippen molar-refractivity contribution in [2.45, 2.75) is 44.1 Å². The number of H-pyrrole nitrogens is 1. The van der Waals surface area contributed by atoms with Crippen LogP contribution in [0.25, 0.3) is 0 Å². The van der Waals surface area contributed by atoms with E-state index >= 15 is 0 Å². The molecule has 160 valence electrons. The van der Waals surface area contributed by atoms with Crippen molar-refractivity contribution in [3.8, 4) is 0 Å². The Labute approximate surface area is 183 Å². The van der Waals surface area contributed by atoms with Gasteiger partial charge in [-0.2, -0.15) is 5.10 Å². The second kappa shape index (κ2) is 9.02. The summed E-state index contributed by atoms with van der Waals surface area (Å²) in [6.45, 7) is 2.84. The van der Waals surface area contributed by atoms with Gasteiger partial charge in [-0.1, -0.05) is 48.5 Å². The Kier molecular flexibility index (Phi) is 5.80. The van der Waals surface area contributed by atoms with E-state index in [9.17, 15) is 4.79 Å². The van der Waals surface area contributed by atoms with Crippen LogP contribution >= 0.6 is 0 Å². The van der Waals surface area contributed by atoms with E-state index in [2.05, 4.69) is 27.2 Å². The van der Waals surface area contributed by atoms with Crippen LogP contribution in [-0.4, -0.2) is 45.6 Å². The number of benzene rings is 2. The minimum absolute atomic E-state index is 0.143. The maximum absolute atomic E-state index is 13.3. The quantitative estimate of drug-likeness (QED) is 0.631. The predicted octanol–water partition coefficient (Wildman–Crippen LogP) is 4.09. The van der Waals surface area contributed by atoms with E-state index in [1.54, 1.807) is 0 Å². The minimum atomic E-state index is 0.143. The lowest BCUT2D eigenvalue weighted by molar-refractivity contribution is -0.120. The number of carbonyl (C=O) groups is 1. The Bertz CT molecular complexity index is 991. The van der Waals surface area contributed by atoms with Gasteiger partial charge >= 0.3 is 0 Å². The van der Waals surface area contributed by atoms with Crippen molar-refractivity contribution in [1.82, 2.24) is 20.1 Å². The highest BCUT2D eigenvalue weighted by Gasteiger charge is 2.30. The van der Waals surface area contributed by atoms with Crippen LogP contribution in [0.4, 0.5) is 5.69 Å². The number of rotatable bonds is 7. The number of para-hydroxylation sites is 1. The van der Waals surface area contributed by atoms with Gasteiger partial charge < -0.3 is 4.90 Å². The highest BCUT2D eigenvalue weighted by molar-refractivity contribution is 5.94. The van der Waals surface area contributed by atoms with Gasteiger partial charge in [-0.25, -0.2) is 4.98 Å². The summed E-state index contributed by atoms with van der Waals surface area (Å²) in [5.41, 5.74) is 2.08. The molecule has 0 radical (unpaired) electrons. The molecule has 1 aliphatic carbocycles. The van der Waals surface area contributed by atoms with Crippen LogP contribution in [0.3, 0.4) is 0 Å². The Morgan fingerprint density at radius 3 is 2.29 bits per heavy atom. The van der Waals surface area contributed by atoms with E-state index < -0.39 is 0 Å². The molecule has 0 spiro atoms. The van der Waals surface area contributed by atoms with Crippen LogP contribution in [0, 0.1) is 0 Å². The monoisotopic (exact) mass is 415 g/mol. The molecule has 2 fully saturated rings. The van der Waals surface area contributed by atoms with Crippen molar-refractivity contribution in [3.63, 3.8) is 0 Å². The SMILES string of the molecule is O=C(CN1CCC(c2nc(C3CC3)n[nH]2)CC1)N(Cc1ccccc1)c1ccccc1. The molecule has 0 unspecified atom stereocenters. The van der Waals surface area contributed by atoms with Gasteiger partial charge in [0.2, 0.25) is 5.91 Å². The summed E-state index contributed by atoms with van der Waals surface area (Å²) in [4.78, 5) is 22.2. The number of piperidine rings is 1. The predicted molar refractivity (Wildman–Crippen MR) is 121 cm³/mol. The van der Waals surface area contributed by atoms with Crippen LogP contribution in [0.1, 0.15) is 54.7 Å². The summed E-state index contributed by atoms with van der Waals surface area (Å²) < 4.78 is 0. The molecule has 1 saturated carbocycles. The zero-order chi connectivity index (χ0) is 21.0. The minimum Gasteiger partial charge on any atom is -0.307 e. The lowest BCUT2D eigenvalue weighted by Crippen LogP contribution is -2.43. The molecule has 0 bridgehead atoms. The van der Waals surface area contributed by atoms with Crippen molar-refractivity contribution in [3.05, 3.63) is 77.9 Å². The maximum atomic E-state index is 13.3. The third kappa shape index (κ3) is 4.85. The van der Waals surface area contributed by atoms with Gasteiger partial charge in [-0.05, 0) is 56.5 Å². The number of likely N-dealkylation sites (tertiary alicyclic amines) is 1. The third-order valence-corrected chi connectivity index (χ3v) is 6.35. The van der Waals surface area contributed by atoms with Crippen molar-refractivity contribution in [2.75, 3.05) is 24.5 Å². The summed E-state index contributed by atoms with van der Waals surface area (Å²) in [5.74, 6) is 3.16. The molecule has 6 nitrogen and oxygen atoms in total. The fourth-order valence-corrected chi connectivity index (χ4v) is 4.33. The van der Waals surface area contributed by atoms with E-state index in [0.29, 0.717) is 24.9 Å². The highest BCUT2D eigenvalue weighted by Crippen LogP contribution is 2.38. The van der Waals surface area contributed by atoms with Crippen molar-refractivity contribution in [2.24, 2.45) is 0 Å². The van der Waals surface area contributed by atoms with Gasteiger partial charge in [-0.3, -0.25) is 14.8 Å². The van der Waals surface area contributed by atoms with Crippen LogP contribution in [0.2, 0.25) is 0 Å². The maximum Gasteiger partial charge on any atom is 0.241 e. The molecule has 0 atom stereocenters.